The number of halogens is 1. The lowest BCUT2D eigenvalue weighted by molar-refractivity contribution is -0.166. The second-order valence-electron chi connectivity index (χ2n) is 12.6. The van der Waals surface area contributed by atoms with Crippen molar-refractivity contribution in [2.24, 2.45) is 11.3 Å². The number of carbonyl (C=O) groups is 1. The van der Waals surface area contributed by atoms with Crippen molar-refractivity contribution in [3.05, 3.63) is 29.8 Å². The Labute approximate surface area is 241 Å². The molecule has 0 heterocycles. The number of benzene rings is 1. The molecule has 0 saturated heterocycles. The fourth-order valence-corrected chi connectivity index (χ4v) is 8.11. The van der Waals surface area contributed by atoms with Gasteiger partial charge in [0.15, 0.2) is 0 Å². The first-order chi connectivity index (χ1) is 18.1. The quantitative estimate of drug-likeness (QED) is 0.232. The molecule has 0 aromatic heterocycles. The molecule has 1 saturated carbocycles. The topological polar surface area (TPSA) is 43.4 Å². The van der Waals surface area contributed by atoms with E-state index >= 15 is 0 Å². The maximum Gasteiger partial charge on any atom is 0.310 e. The smallest absolute Gasteiger partial charge is 0.310 e. The summed E-state index contributed by atoms with van der Waals surface area (Å²) in [5, 5.41) is 0. The minimum Gasteiger partial charge on any atom is -0.460 e. The SMILES string of the molecule is CCCCC(C(=O)OC(C)(C)C)C1(C(Cl)S(=O)c2ccc(C)cc2)CCCCCCCCCCCCCC1. The van der Waals surface area contributed by atoms with Crippen LogP contribution in [0.4, 0.5) is 0 Å². The first-order valence-corrected chi connectivity index (χ1v) is 17.1. The van der Waals surface area contributed by atoms with Crippen molar-refractivity contribution in [2.45, 2.75) is 159 Å². The molecular weight excluding hydrogens is 512 g/mol. The average Bonchev–Trinajstić information content (AvgIpc) is 2.87. The van der Waals surface area contributed by atoms with Gasteiger partial charge in [-0.1, -0.05) is 115 Å². The van der Waals surface area contributed by atoms with Gasteiger partial charge in [0.1, 0.15) is 10.3 Å². The van der Waals surface area contributed by atoms with Crippen LogP contribution in [0.5, 0.6) is 0 Å². The Hall–Kier alpha value is -0.870. The van der Waals surface area contributed by atoms with Crippen LogP contribution in [0.25, 0.3) is 0 Å². The number of hydrogen-bond acceptors (Lipinski definition) is 3. The molecule has 0 N–H and O–H groups in total. The highest BCUT2D eigenvalue weighted by Gasteiger charge is 2.50. The molecule has 5 heteroatoms. The molecule has 1 aromatic carbocycles. The second kappa shape index (κ2) is 17.1. The number of carbonyl (C=O) groups excluding carboxylic acids is 1. The molecule has 1 aliphatic rings. The zero-order chi connectivity index (χ0) is 28.0. The minimum absolute atomic E-state index is 0.157. The minimum atomic E-state index is -1.42. The number of unbranched alkanes of at least 4 members (excludes halogenated alkanes) is 1. The molecule has 3 atom stereocenters. The molecule has 38 heavy (non-hydrogen) atoms. The largest absolute Gasteiger partial charge is 0.460 e. The summed E-state index contributed by atoms with van der Waals surface area (Å²) < 4.78 is 19.5. The van der Waals surface area contributed by atoms with E-state index in [1.807, 2.05) is 52.0 Å². The van der Waals surface area contributed by atoms with Gasteiger partial charge in [0, 0.05) is 10.3 Å². The number of aryl methyl sites for hydroxylation is 1. The summed E-state index contributed by atoms with van der Waals surface area (Å²) in [6.45, 7) is 10.0. The van der Waals surface area contributed by atoms with Gasteiger partial charge in [-0.2, -0.15) is 0 Å². The van der Waals surface area contributed by atoms with E-state index in [2.05, 4.69) is 6.92 Å². The van der Waals surface area contributed by atoms with Crippen LogP contribution in [-0.4, -0.2) is 20.5 Å². The summed E-state index contributed by atoms with van der Waals surface area (Å²) in [5.74, 6) is -0.510. The van der Waals surface area contributed by atoms with E-state index in [0.29, 0.717) is 0 Å². The van der Waals surface area contributed by atoms with E-state index in [-0.39, 0.29) is 11.9 Å². The Morgan fingerprint density at radius 2 is 1.34 bits per heavy atom. The highest BCUT2D eigenvalue weighted by atomic mass is 35.5. The van der Waals surface area contributed by atoms with E-state index in [9.17, 15) is 9.00 Å². The molecule has 218 valence electrons. The summed E-state index contributed by atoms with van der Waals surface area (Å²) >= 11 is 7.40. The van der Waals surface area contributed by atoms with Crippen LogP contribution in [0, 0.1) is 18.3 Å². The number of alkyl halides is 1. The van der Waals surface area contributed by atoms with Gasteiger partial charge < -0.3 is 4.74 Å². The van der Waals surface area contributed by atoms with Gasteiger partial charge in [-0.05, 0) is 59.1 Å². The highest BCUT2D eigenvalue weighted by Crippen LogP contribution is 2.50. The Bertz CT molecular complexity index is 814. The fraction of sp³-hybridized carbons (Fsp3) is 0.788. The van der Waals surface area contributed by atoms with Gasteiger partial charge in [0.25, 0.3) is 0 Å². The maximum atomic E-state index is 14.1. The van der Waals surface area contributed by atoms with Gasteiger partial charge >= 0.3 is 5.97 Å². The summed E-state index contributed by atoms with van der Waals surface area (Å²) in [6.07, 6.45) is 18.9. The molecule has 0 radical (unpaired) electrons. The van der Waals surface area contributed by atoms with E-state index in [1.54, 1.807) is 0 Å². The zero-order valence-corrected chi connectivity index (χ0v) is 26.6. The molecule has 0 amide bonds. The third-order valence-electron chi connectivity index (χ3n) is 8.16. The van der Waals surface area contributed by atoms with Gasteiger partial charge in [-0.3, -0.25) is 9.00 Å². The molecule has 1 aliphatic carbocycles. The average molecular weight is 567 g/mol. The second-order valence-corrected chi connectivity index (χ2v) is 14.9. The van der Waals surface area contributed by atoms with Gasteiger partial charge in [-0.25, -0.2) is 0 Å². The normalized spacial score (nSPS) is 20.9. The van der Waals surface area contributed by atoms with Gasteiger partial charge in [0.05, 0.1) is 16.7 Å². The van der Waals surface area contributed by atoms with Crippen molar-refractivity contribution in [2.75, 3.05) is 0 Å². The van der Waals surface area contributed by atoms with Crippen molar-refractivity contribution >= 4 is 28.4 Å². The van der Waals surface area contributed by atoms with Crippen molar-refractivity contribution in [3.63, 3.8) is 0 Å². The molecule has 2 rings (SSSR count). The molecule has 3 nitrogen and oxygen atoms in total. The summed E-state index contributed by atoms with van der Waals surface area (Å²) in [4.78, 5) is 14.7. The lowest BCUT2D eigenvalue weighted by Crippen LogP contribution is -2.47. The highest BCUT2D eigenvalue weighted by molar-refractivity contribution is 7.87. The Kier molecular flexibility index (Phi) is 15.0. The van der Waals surface area contributed by atoms with Crippen molar-refractivity contribution in [1.29, 1.82) is 0 Å². The number of ether oxygens (including phenoxy) is 1. The van der Waals surface area contributed by atoms with Crippen LogP contribution in [0.1, 0.15) is 142 Å². The molecular formula is C33H55ClO3S. The molecule has 3 unspecified atom stereocenters. The van der Waals surface area contributed by atoms with Crippen LogP contribution in [0.3, 0.4) is 0 Å². The number of rotatable bonds is 8. The summed E-state index contributed by atoms with van der Waals surface area (Å²) in [6, 6.07) is 7.88. The van der Waals surface area contributed by atoms with Gasteiger partial charge in [-0.15, -0.1) is 11.6 Å². The van der Waals surface area contributed by atoms with Gasteiger partial charge in [0.2, 0.25) is 0 Å². The summed E-state index contributed by atoms with van der Waals surface area (Å²) in [7, 11) is -1.42. The third kappa shape index (κ3) is 11.0. The lowest BCUT2D eigenvalue weighted by atomic mass is 9.67. The van der Waals surface area contributed by atoms with E-state index in [1.165, 1.54) is 51.4 Å². The van der Waals surface area contributed by atoms with E-state index in [4.69, 9.17) is 16.3 Å². The van der Waals surface area contributed by atoms with Crippen molar-refractivity contribution in [3.8, 4) is 0 Å². The number of hydrogen-bond donors (Lipinski definition) is 0. The third-order valence-corrected chi connectivity index (χ3v) is 10.7. The predicted octanol–water partition coefficient (Wildman–Crippen LogP) is 10.3. The molecule has 0 bridgehead atoms. The number of esters is 1. The van der Waals surface area contributed by atoms with Crippen LogP contribution in [0.2, 0.25) is 0 Å². The monoisotopic (exact) mass is 566 g/mol. The standard InChI is InChI=1S/C33H55ClO3S/c1-6-7-20-29(30(35)37-32(3,4)5)33(31(34)38(36)28-23-21-27(2)22-24-28)25-18-16-14-12-10-8-9-11-13-15-17-19-26-33/h21-24,29,31H,6-20,25-26H2,1-5H3. The Balaban J connectivity index is 2.51. The van der Waals surface area contributed by atoms with Crippen molar-refractivity contribution < 1.29 is 13.7 Å². The van der Waals surface area contributed by atoms with Crippen LogP contribution in [0.15, 0.2) is 29.2 Å². The van der Waals surface area contributed by atoms with E-state index < -0.39 is 26.5 Å². The zero-order valence-electron chi connectivity index (χ0n) is 25.0. The maximum absolute atomic E-state index is 14.1. The molecule has 0 spiro atoms. The lowest BCUT2D eigenvalue weighted by Gasteiger charge is -2.44. The van der Waals surface area contributed by atoms with Crippen LogP contribution < -0.4 is 0 Å². The van der Waals surface area contributed by atoms with Crippen LogP contribution in [-0.2, 0) is 20.3 Å². The van der Waals surface area contributed by atoms with Crippen molar-refractivity contribution in [1.82, 2.24) is 0 Å². The van der Waals surface area contributed by atoms with Crippen LogP contribution >= 0.6 is 11.6 Å². The first kappa shape index (κ1) is 33.3. The Morgan fingerprint density at radius 3 is 1.76 bits per heavy atom. The Morgan fingerprint density at radius 1 is 0.895 bits per heavy atom. The molecule has 1 aromatic rings. The summed E-state index contributed by atoms with van der Waals surface area (Å²) in [5.41, 5.74) is 0.00480. The molecule has 0 aliphatic heterocycles. The molecule has 1 fully saturated rings. The fourth-order valence-electron chi connectivity index (χ4n) is 5.96. The predicted molar refractivity (Wildman–Crippen MR) is 163 cm³/mol. The first-order valence-electron chi connectivity index (χ1n) is 15.4. The van der Waals surface area contributed by atoms with E-state index in [0.717, 1.165) is 68.2 Å².